The molecule has 0 aromatic heterocycles. The zero-order chi connectivity index (χ0) is 16.8. The van der Waals surface area contributed by atoms with Gasteiger partial charge in [-0.2, -0.15) is 0 Å². The topological polar surface area (TPSA) is 59.0 Å². The molecule has 0 aliphatic carbocycles. The summed E-state index contributed by atoms with van der Waals surface area (Å²) in [6.45, 7) is 4.47. The van der Waals surface area contributed by atoms with Gasteiger partial charge in [-0.05, 0) is 23.3 Å². The predicted octanol–water partition coefficient (Wildman–Crippen LogP) is 2.76. The molecule has 0 bridgehead atoms. The highest BCUT2D eigenvalue weighted by Crippen LogP contribution is 2.27. The molecule has 126 valence electrons. The Morgan fingerprint density at radius 3 is 2.54 bits per heavy atom. The Morgan fingerprint density at radius 2 is 1.83 bits per heavy atom. The van der Waals surface area contributed by atoms with E-state index in [1.807, 2.05) is 36.4 Å². The first-order chi connectivity index (χ1) is 11.7. The number of ether oxygens (including phenoxy) is 2. The molecule has 1 saturated heterocycles. The van der Waals surface area contributed by atoms with E-state index in [9.17, 15) is 9.90 Å². The fraction of sp³-hybridized carbons (Fsp3) is 0.316. The fourth-order valence-electron chi connectivity index (χ4n) is 2.74. The standard InChI is InChI=1S/C19H21NO4/c21-19(22)17-7-6-16(15-4-2-1-3-5-15)14-18(17)24-13-10-20-8-11-23-12-9-20/h1-7,14H,8-13H2,(H,21,22). The van der Waals surface area contributed by atoms with E-state index in [-0.39, 0.29) is 5.56 Å². The van der Waals surface area contributed by atoms with E-state index in [1.54, 1.807) is 12.1 Å². The van der Waals surface area contributed by atoms with Gasteiger partial charge < -0.3 is 14.6 Å². The van der Waals surface area contributed by atoms with Crippen molar-refractivity contribution in [1.82, 2.24) is 4.90 Å². The average Bonchev–Trinajstić information content (AvgIpc) is 2.63. The van der Waals surface area contributed by atoms with E-state index in [2.05, 4.69) is 4.90 Å². The van der Waals surface area contributed by atoms with Crippen molar-refractivity contribution in [2.45, 2.75) is 0 Å². The summed E-state index contributed by atoms with van der Waals surface area (Å²) < 4.78 is 11.1. The third-order valence-corrected chi connectivity index (χ3v) is 4.09. The first kappa shape index (κ1) is 16.5. The quantitative estimate of drug-likeness (QED) is 0.884. The Bertz CT molecular complexity index is 681. The molecule has 0 atom stereocenters. The van der Waals surface area contributed by atoms with Crippen LogP contribution in [0.15, 0.2) is 48.5 Å². The summed E-state index contributed by atoms with van der Waals surface area (Å²) in [7, 11) is 0. The third-order valence-electron chi connectivity index (χ3n) is 4.09. The van der Waals surface area contributed by atoms with Gasteiger partial charge in [0, 0.05) is 19.6 Å². The lowest BCUT2D eigenvalue weighted by atomic mass is 10.0. The van der Waals surface area contributed by atoms with Gasteiger partial charge in [-0.3, -0.25) is 4.90 Å². The maximum atomic E-state index is 11.4. The highest BCUT2D eigenvalue weighted by Gasteiger charge is 2.14. The third kappa shape index (κ3) is 4.13. The molecule has 0 spiro atoms. The summed E-state index contributed by atoms with van der Waals surface area (Å²) in [4.78, 5) is 13.7. The van der Waals surface area contributed by atoms with Crippen molar-refractivity contribution < 1.29 is 19.4 Å². The van der Waals surface area contributed by atoms with Crippen LogP contribution in [0.1, 0.15) is 10.4 Å². The maximum absolute atomic E-state index is 11.4. The van der Waals surface area contributed by atoms with Gasteiger partial charge in [-0.1, -0.05) is 36.4 Å². The summed E-state index contributed by atoms with van der Waals surface area (Å²) in [5.41, 5.74) is 2.17. The largest absolute Gasteiger partial charge is 0.491 e. The van der Waals surface area contributed by atoms with Crippen molar-refractivity contribution in [2.75, 3.05) is 39.5 Å². The van der Waals surface area contributed by atoms with Crippen molar-refractivity contribution in [1.29, 1.82) is 0 Å². The molecular weight excluding hydrogens is 306 g/mol. The van der Waals surface area contributed by atoms with Crippen LogP contribution in [0.2, 0.25) is 0 Å². The number of hydrogen-bond donors (Lipinski definition) is 1. The average molecular weight is 327 g/mol. The zero-order valence-electron chi connectivity index (χ0n) is 13.5. The molecule has 1 fully saturated rings. The summed E-state index contributed by atoms with van der Waals surface area (Å²) in [6.07, 6.45) is 0. The summed E-state index contributed by atoms with van der Waals surface area (Å²) >= 11 is 0. The highest BCUT2D eigenvalue weighted by atomic mass is 16.5. The van der Waals surface area contributed by atoms with Crippen molar-refractivity contribution in [2.24, 2.45) is 0 Å². The SMILES string of the molecule is O=C(O)c1ccc(-c2ccccc2)cc1OCCN1CCOCC1. The smallest absolute Gasteiger partial charge is 0.339 e. The molecule has 0 saturated carbocycles. The van der Waals surface area contributed by atoms with Crippen molar-refractivity contribution >= 4 is 5.97 Å². The number of carboxylic acids is 1. The number of nitrogens with zero attached hydrogens (tertiary/aromatic N) is 1. The van der Waals surface area contributed by atoms with Crippen LogP contribution in [-0.2, 0) is 4.74 Å². The van der Waals surface area contributed by atoms with Crippen molar-refractivity contribution in [3.63, 3.8) is 0 Å². The summed E-state index contributed by atoms with van der Waals surface area (Å²) in [6, 6.07) is 15.1. The fourth-order valence-corrected chi connectivity index (χ4v) is 2.74. The number of carboxylic acid groups (broad SMARTS) is 1. The normalized spacial score (nSPS) is 15.2. The van der Waals surface area contributed by atoms with Crippen LogP contribution < -0.4 is 4.74 Å². The van der Waals surface area contributed by atoms with Gasteiger partial charge in [0.05, 0.1) is 13.2 Å². The van der Waals surface area contributed by atoms with Crippen LogP contribution >= 0.6 is 0 Å². The minimum absolute atomic E-state index is 0.191. The Kier molecular flexibility index (Phi) is 5.46. The number of hydrogen-bond acceptors (Lipinski definition) is 4. The Balaban J connectivity index is 1.72. The molecular formula is C19H21NO4. The van der Waals surface area contributed by atoms with Gasteiger partial charge in [0.2, 0.25) is 0 Å². The molecule has 2 aromatic rings. The number of carbonyl (C=O) groups is 1. The molecule has 3 rings (SSSR count). The van der Waals surface area contributed by atoms with Crippen molar-refractivity contribution in [3.8, 4) is 16.9 Å². The van der Waals surface area contributed by atoms with Crippen LogP contribution in [0.25, 0.3) is 11.1 Å². The van der Waals surface area contributed by atoms with Gasteiger partial charge in [-0.15, -0.1) is 0 Å². The van der Waals surface area contributed by atoms with Gasteiger partial charge in [-0.25, -0.2) is 4.79 Å². The maximum Gasteiger partial charge on any atom is 0.339 e. The molecule has 1 N–H and O–H groups in total. The molecule has 1 heterocycles. The van der Waals surface area contributed by atoms with E-state index >= 15 is 0 Å². The monoisotopic (exact) mass is 327 g/mol. The second-order valence-electron chi connectivity index (χ2n) is 5.68. The molecule has 2 aromatic carbocycles. The number of benzene rings is 2. The Hall–Kier alpha value is -2.37. The highest BCUT2D eigenvalue weighted by molar-refractivity contribution is 5.92. The lowest BCUT2D eigenvalue weighted by Gasteiger charge is -2.26. The molecule has 0 unspecified atom stereocenters. The molecule has 5 heteroatoms. The van der Waals surface area contributed by atoms with Crippen LogP contribution in [0.4, 0.5) is 0 Å². The van der Waals surface area contributed by atoms with Crippen LogP contribution in [-0.4, -0.2) is 55.4 Å². The molecule has 1 aliphatic rings. The predicted molar refractivity (Wildman–Crippen MR) is 91.6 cm³/mol. The summed E-state index contributed by atoms with van der Waals surface area (Å²) in [5, 5.41) is 9.37. The first-order valence-electron chi connectivity index (χ1n) is 8.10. The van der Waals surface area contributed by atoms with E-state index in [0.717, 1.165) is 44.0 Å². The molecule has 1 aliphatic heterocycles. The van der Waals surface area contributed by atoms with E-state index in [0.29, 0.717) is 12.4 Å². The number of aromatic carboxylic acids is 1. The van der Waals surface area contributed by atoms with Crippen molar-refractivity contribution in [3.05, 3.63) is 54.1 Å². The minimum Gasteiger partial charge on any atom is -0.491 e. The van der Waals surface area contributed by atoms with Gasteiger partial charge in [0.1, 0.15) is 17.9 Å². The van der Waals surface area contributed by atoms with Crippen LogP contribution in [0, 0.1) is 0 Å². The van der Waals surface area contributed by atoms with Crippen LogP contribution in [0.3, 0.4) is 0 Å². The molecule has 24 heavy (non-hydrogen) atoms. The Labute approximate surface area is 141 Å². The number of rotatable bonds is 6. The number of morpholine rings is 1. The molecule has 0 radical (unpaired) electrons. The lowest BCUT2D eigenvalue weighted by Crippen LogP contribution is -2.38. The second-order valence-corrected chi connectivity index (χ2v) is 5.68. The van der Waals surface area contributed by atoms with Gasteiger partial charge in [0.25, 0.3) is 0 Å². The molecule has 5 nitrogen and oxygen atoms in total. The summed E-state index contributed by atoms with van der Waals surface area (Å²) in [5.74, 6) is -0.562. The minimum atomic E-state index is -0.976. The van der Waals surface area contributed by atoms with E-state index < -0.39 is 5.97 Å². The zero-order valence-corrected chi connectivity index (χ0v) is 13.5. The van der Waals surface area contributed by atoms with E-state index in [1.165, 1.54) is 0 Å². The lowest BCUT2D eigenvalue weighted by molar-refractivity contribution is 0.0321. The second kappa shape index (κ2) is 7.95. The molecule has 0 amide bonds. The van der Waals surface area contributed by atoms with E-state index in [4.69, 9.17) is 9.47 Å². The van der Waals surface area contributed by atoms with Gasteiger partial charge in [0.15, 0.2) is 0 Å². The van der Waals surface area contributed by atoms with Crippen LogP contribution in [0.5, 0.6) is 5.75 Å². The Morgan fingerprint density at radius 1 is 1.08 bits per heavy atom. The van der Waals surface area contributed by atoms with Gasteiger partial charge >= 0.3 is 5.97 Å². The first-order valence-corrected chi connectivity index (χ1v) is 8.10.